The number of hydrazine groups is 1. The van der Waals surface area contributed by atoms with E-state index in [1.54, 1.807) is 20.2 Å². The Hall–Kier alpha value is -2.41. The molecule has 2 heterocycles. The fraction of sp³-hybridized carbons (Fsp3) is 0.471. The topological polar surface area (TPSA) is 80.8 Å². The molecule has 7 heteroatoms. The van der Waals surface area contributed by atoms with Gasteiger partial charge < -0.3 is 9.47 Å². The molecule has 7 nitrogen and oxygen atoms in total. The van der Waals surface area contributed by atoms with E-state index in [0.717, 1.165) is 17.6 Å². The highest BCUT2D eigenvalue weighted by Gasteiger charge is 2.27. The van der Waals surface area contributed by atoms with E-state index >= 15 is 0 Å². The molecule has 1 aliphatic heterocycles. The van der Waals surface area contributed by atoms with Gasteiger partial charge in [0.25, 0.3) is 5.91 Å². The molecule has 0 fully saturated rings. The highest BCUT2D eigenvalue weighted by Crippen LogP contribution is 2.21. The second kappa shape index (κ2) is 8.44. The Balaban J connectivity index is 2.02. The number of ether oxygens (including phenoxy) is 2. The number of rotatable bonds is 7. The first-order chi connectivity index (χ1) is 11.6. The molecule has 2 rings (SSSR count). The van der Waals surface area contributed by atoms with Crippen LogP contribution in [-0.2, 0) is 20.9 Å². The van der Waals surface area contributed by atoms with Crippen LogP contribution in [0, 0.1) is 0 Å². The molecule has 1 amide bonds. The Kier molecular flexibility index (Phi) is 6.31. The molecule has 0 aromatic carbocycles. The highest BCUT2D eigenvalue weighted by atomic mass is 16.5. The van der Waals surface area contributed by atoms with Crippen molar-refractivity contribution in [3.63, 3.8) is 0 Å². The number of nitrogens with one attached hydrogen (secondary N) is 1. The zero-order chi connectivity index (χ0) is 17.5. The minimum Gasteiger partial charge on any atom is -0.481 e. The first kappa shape index (κ1) is 17.9. The molecule has 24 heavy (non-hydrogen) atoms. The van der Waals surface area contributed by atoms with Crippen LogP contribution >= 0.6 is 0 Å². The molecule has 0 aliphatic carbocycles. The van der Waals surface area contributed by atoms with E-state index in [9.17, 15) is 9.59 Å². The second-order valence-corrected chi connectivity index (χ2v) is 5.45. The number of methoxy groups -OCH3 is 1. The largest absolute Gasteiger partial charge is 0.481 e. The van der Waals surface area contributed by atoms with Gasteiger partial charge in [-0.25, -0.2) is 10.4 Å². The van der Waals surface area contributed by atoms with Gasteiger partial charge in [-0.05, 0) is 26.3 Å². The standard InChI is InChI=1S/C17H23N3O4/c1-4-24-15(21)10-14-12(2)7-9-20(17(14)22)19-11-13-6-5-8-18-16(13)23-3/h5-6,8,19H,4,7,9-11H2,1-3H3. The molecule has 0 atom stereocenters. The fourth-order valence-electron chi connectivity index (χ4n) is 2.53. The van der Waals surface area contributed by atoms with Gasteiger partial charge >= 0.3 is 5.97 Å². The molecule has 1 aromatic rings. The van der Waals surface area contributed by atoms with Crippen LogP contribution in [0.2, 0.25) is 0 Å². The SMILES string of the molecule is CCOC(=O)CC1=C(C)CCN(NCc2cccnc2OC)C1=O. The van der Waals surface area contributed by atoms with Gasteiger partial charge in [0.15, 0.2) is 0 Å². The fourth-order valence-corrected chi connectivity index (χ4v) is 2.53. The maximum absolute atomic E-state index is 12.6. The van der Waals surface area contributed by atoms with Gasteiger partial charge in [-0.15, -0.1) is 0 Å². The number of pyridine rings is 1. The van der Waals surface area contributed by atoms with Crippen molar-refractivity contribution in [3.05, 3.63) is 35.0 Å². The lowest BCUT2D eigenvalue weighted by Gasteiger charge is -2.30. The minimum absolute atomic E-state index is 0.00685. The van der Waals surface area contributed by atoms with E-state index in [4.69, 9.17) is 9.47 Å². The molecule has 1 aliphatic rings. The molecule has 0 saturated carbocycles. The number of esters is 1. The number of hydrogen-bond acceptors (Lipinski definition) is 6. The van der Waals surface area contributed by atoms with Crippen LogP contribution in [0.25, 0.3) is 0 Å². The van der Waals surface area contributed by atoms with Gasteiger partial charge in [0.05, 0.1) is 20.1 Å². The molecule has 0 unspecified atom stereocenters. The third-order valence-electron chi connectivity index (χ3n) is 3.86. The van der Waals surface area contributed by atoms with Gasteiger partial charge in [-0.3, -0.25) is 14.6 Å². The van der Waals surface area contributed by atoms with Crippen LogP contribution in [0.3, 0.4) is 0 Å². The average Bonchev–Trinajstić information content (AvgIpc) is 2.58. The average molecular weight is 333 g/mol. The third-order valence-corrected chi connectivity index (χ3v) is 3.86. The van der Waals surface area contributed by atoms with Crippen molar-refractivity contribution >= 4 is 11.9 Å². The molecule has 0 radical (unpaired) electrons. The van der Waals surface area contributed by atoms with Gasteiger partial charge in [0.2, 0.25) is 5.88 Å². The van der Waals surface area contributed by atoms with Crippen molar-refractivity contribution in [1.82, 2.24) is 15.4 Å². The lowest BCUT2D eigenvalue weighted by molar-refractivity contribution is -0.144. The van der Waals surface area contributed by atoms with Gasteiger partial charge in [0, 0.05) is 30.4 Å². The number of hydrogen-bond donors (Lipinski definition) is 1. The second-order valence-electron chi connectivity index (χ2n) is 5.45. The van der Waals surface area contributed by atoms with E-state index < -0.39 is 0 Å². The van der Waals surface area contributed by atoms with Gasteiger partial charge in [0.1, 0.15) is 0 Å². The molecular weight excluding hydrogens is 310 g/mol. The zero-order valence-corrected chi connectivity index (χ0v) is 14.3. The van der Waals surface area contributed by atoms with Gasteiger partial charge in [-0.1, -0.05) is 11.6 Å². The van der Waals surface area contributed by atoms with Crippen molar-refractivity contribution < 1.29 is 19.1 Å². The van der Waals surface area contributed by atoms with Crippen molar-refractivity contribution in [2.45, 2.75) is 33.2 Å². The number of nitrogens with zero attached hydrogens (tertiary/aromatic N) is 2. The Morgan fingerprint density at radius 3 is 2.96 bits per heavy atom. The van der Waals surface area contributed by atoms with Crippen molar-refractivity contribution in [2.24, 2.45) is 0 Å². The summed E-state index contributed by atoms with van der Waals surface area (Å²) in [4.78, 5) is 28.4. The van der Waals surface area contributed by atoms with Crippen LogP contribution in [0.1, 0.15) is 32.3 Å². The molecule has 130 valence electrons. The summed E-state index contributed by atoms with van der Waals surface area (Å²) in [5, 5.41) is 1.54. The normalized spacial score (nSPS) is 14.8. The Morgan fingerprint density at radius 1 is 1.46 bits per heavy atom. The predicted molar refractivity (Wildman–Crippen MR) is 87.9 cm³/mol. The van der Waals surface area contributed by atoms with Crippen molar-refractivity contribution in [2.75, 3.05) is 20.3 Å². The highest BCUT2D eigenvalue weighted by molar-refractivity contribution is 5.98. The van der Waals surface area contributed by atoms with Crippen LogP contribution in [0.5, 0.6) is 5.88 Å². The summed E-state index contributed by atoms with van der Waals surface area (Å²) in [6.45, 7) is 4.90. The third kappa shape index (κ3) is 4.32. The first-order valence-corrected chi connectivity index (χ1v) is 7.94. The molecule has 0 spiro atoms. The molecule has 0 bridgehead atoms. The number of amides is 1. The van der Waals surface area contributed by atoms with Crippen LogP contribution in [0.15, 0.2) is 29.5 Å². The van der Waals surface area contributed by atoms with E-state index in [1.165, 1.54) is 5.01 Å². The summed E-state index contributed by atoms with van der Waals surface area (Å²) >= 11 is 0. The zero-order valence-electron chi connectivity index (χ0n) is 14.3. The lowest BCUT2D eigenvalue weighted by atomic mass is 9.99. The van der Waals surface area contributed by atoms with E-state index in [1.807, 2.05) is 19.1 Å². The summed E-state index contributed by atoms with van der Waals surface area (Å²) in [7, 11) is 1.56. The van der Waals surface area contributed by atoms with E-state index in [2.05, 4.69) is 10.4 Å². The monoisotopic (exact) mass is 333 g/mol. The Morgan fingerprint density at radius 2 is 2.25 bits per heavy atom. The summed E-state index contributed by atoms with van der Waals surface area (Å²) in [6.07, 6.45) is 2.38. The Bertz CT molecular complexity index is 642. The summed E-state index contributed by atoms with van der Waals surface area (Å²) < 4.78 is 10.2. The van der Waals surface area contributed by atoms with E-state index in [-0.39, 0.29) is 18.3 Å². The molecule has 0 saturated heterocycles. The van der Waals surface area contributed by atoms with E-state index in [0.29, 0.717) is 31.1 Å². The minimum atomic E-state index is -0.379. The van der Waals surface area contributed by atoms with Crippen LogP contribution in [-0.4, -0.2) is 42.1 Å². The Labute approximate surface area is 141 Å². The number of carbonyl (C=O) groups excluding carboxylic acids is 2. The smallest absolute Gasteiger partial charge is 0.310 e. The molecule has 1 N–H and O–H groups in total. The quantitative estimate of drug-likeness (QED) is 0.763. The molecule has 1 aromatic heterocycles. The van der Waals surface area contributed by atoms with Crippen LogP contribution in [0.4, 0.5) is 0 Å². The maximum atomic E-state index is 12.6. The van der Waals surface area contributed by atoms with Crippen molar-refractivity contribution in [1.29, 1.82) is 0 Å². The number of aromatic nitrogens is 1. The molecular formula is C17H23N3O4. The van der Waals surface area contributed by atoms with Crippen molar-refractivity contribution in [3.8, 4) is 5.88 Å². The maximum Gasteiger partial charge on any atom is 0.310 e. The summed E-state index contributed by atoms with van der Waals surface area (Å²) in [6, 6.07) is 3.70. The van der Waals surface area contributed by atoms with Gasteiger partial charge in [-0.2, -0.15) is 0 Å². The first-order valence-electron chi connectivity index (χ1n) is 7.94. The lowest BCUT2D eigenvalue weighted by Crippen LogP contribution is -2.46. The summed E-state index contributed by atoms with van der Waals surface area (Å²) in [5.41, 5.74) is 5.39. The number of carbonyl (C=O) groups is 2. The van der Waals surface area contributed by atoms with Crippen LogP contribution < -0.4 is 10.2 Å². The summed E-state index contributed by atoms with van der Waals surface area (Å²) in [5.74, 6) is -0.0430. The predicted octanol–water partition coefficient (Wildman–Crippen LogP) is 1.60.